The van der Waals surface area contributed by atoms with Crippen LogP contribution in [0.5, 0.6) is 0 Å². The number of H-pyrrole nitrogens is 1. The SMILES string of the molecule is CCOC(=O)c1cc(CNCCc2c[nH]c3ccc(Cl)cc23)on1.Cl. The van der Waals surface area contributed by atoms with E-state index in [9.17, 15) is 4.79 Å². The van der Waals surface area contributed by atoms with Crippen LogP contribution in [0, 0.1) is 0 Å². The molecule has 2 aromatic heterocycles. The Morgan fingerprint density at radius 3 is 3.04 bits per heavy atom. The quantitative estimate of drug-likeness (QED) is 0.479. The van der Waals surface area contributed by atoms with Gasteiger partial charge in [0.15, 0.2) is 11.5 Å². The minimum absolute atomic E-state index is 0. The van der Waals surface area contributed by atoms with Crippen LogP contribution in [0.25, 0.3) is 10.9 Å². The first kappa shape index (κ1) is 19.3. The van der Waals surface area contributed by atoms with Crippen molar-refractivity contribution in [2.24, 2.45) is 0 Å². The Bertz CT molecular complexity index is 845. The van der Waals surface area contributed by atoms with E-state index in [4.69, 9.17) is 20.9 Å². The monoisotopic (exact) mass is 383 g/mol. The van der Waals surface area contributed by atoms with Crippen LogP contribution >= 0.6 is 24.0 Å². The number of nitrogens with zero attached hydrogens (tertiary/aromatic N) is 1. The first-order valence-corrected chi connectivity index (χ1v) is 8.14. The Hall–Kier alpha value is -2.02. The molecule has 0 aliphatic heterocycles. The lowest BCUT2D eigenvalue weighted by Gasteiger charge is -2.02. The van der Waals surface area contributed by atoms with Gasteiger partial charge < -0.3 is 19.6 Å². The zero-order valence-corrected chi connectivity index (χ0v) is 15.2. The summed E-state index contributed by atoms with van der Waals surface area (Å²) in [5.74, 6) is 0.128. The van der Waals surface area contributed by atoms with E-state index in [1.165, 1.54) is 5.56 Å². The highest BCUT2D eigenvalue weighted by Gasteiger charge is 2.13. The number of fused-ring (bicyclic) bond motifs is 1. The van der Waals surface area contributed by atoms with Crippen LogP contribution in [0.1, 0.15) is 28.7 Å². The number of benzene rings is 1. The van der Waals surface area contributed by atoms with Gasteiger partial charge in [-0.3, -0.25) is 0 Å². The summed E-state index contributed by atoms with van der Waals surface area (Å²) in [4.78, 5) is 14.8. The van der Waals surface area contributed by atoms with E-state index >= 15 is 0 Å². The predicted molar refractivity (Wildman–Crippen MR) is 98.4 cm³/mol. The van der Waals surface area contributed by atoms with Crippen molar-refractivity contribution in [1.82, 2.24) is 15.5 Å². The molecule has 0 saturated carbocycles. The molecule has 0 aliphatic rings. The van der Waals surface area contributed by atoms with Gasteiger partial charge in [0.25, 0.3) is 0 Å². The Morgan fingerprint density at radius 1 is 1.40 bits per heavy atom. The van der Waals surface area contributed by atoms with Crippen LogP contribution in [0.2, 0.25) is 5.02 Å². The van der Waals surface area contributed by atoms with Gasteiger partial charge >= 0.3 is 5.97 Å². The third-order valence-electron chi connectivity index (χ3n) is 3.64. The van der Waals surface area contributed by atoms with Gasteiger partial charge in [0.1, 0.15) is 0 Å². The van der Waals surface area contributed by atoms with Crippen LogP contribution in [-0.2, 0) is 17.7 Å². The molecule has 3 aromatic rings. The zero-order chi connectivity index (χ0) is 16.9. The number of aromatic nitrogens is 2. The van der Waals surface area contributed by atoms with Crippen molar-refractivity contribution in [3.8, 4) is 0 Å². The molecule has 2 N–H and O–H groups in total. The van der Waals surface area contributed by atoms with Crippen LogP contribution in [0.4, 0.5) is 0 Å². The standard InChI is InChI=1S/C17H18ClN3O3.ClH/c1-2-23-17(22)16-8-13(24-21-16)10-19-6-5-11-9-20-15-4-3-12(18)7-14(11)15;/h3-4,7-9,19-20H,2,5-6,10H2,1H3;1H. The fourth-order valence-electron chi connectivity index (χ4n) is 2.49. The van der Waals surface area contributed by atoms with Crippen molar-refractivity contribution in [3.05, 3.63) is 52.5 Å². The average Bonchev–Trinajstić information content (AvgIpc) is 3.19. The molecule has 0 amide bonds. The lowest BCUT2D eigenvalue weighted by Crippen LogP contribution is -2.16. The molecule has 0 bridgehead atoms. The normalized spacial score (nSPS) is 10.6. The summed E-state index contributed by atoms with van der Waals surface area (Å²) >= 11 is 6.05. The Morgan fingerprint density at radius 2 is 2.24 bits per heavy atom. The van der Waals surface area contributed by atoms with Crippen molar-refractivity contribution in [2.45, 2.75) is 19.9 Å². The summed E-state index contributed by atoms with van der Waals surface area (Å²) in [5, 5.41) is 8.83. The van der Waals surface area contributed by atoms with Gasteiger partial charge in [0.05, 0.1) is 13.2 Å². The second kappa shape index (κ2) is 8.89. The fraction of sp³-hybridized carbons (Fsp3) is 0.294. The predicted octanol–water partition coefficient (Wildman–Crippen LogP) is 3.74. The maximum absolute atomic E-state index is 11.5. The topological polar surface area (TPSA) is 80.1 Å². The summed E-state index contributed by atoms with van der Waals surface area (Å²) in [6.07, 6.45) is 2.84. The van der Waals surface area contributed by atoms with Gasteiger partial charge in [-0.15, -0.1) is 12.4 Å². The molecule has 0 unspecified atom stereocenters. The highest BCUT2D eigenvalue weighted by atomic mass is 35.5. The van der Waals surface area contributed by atoms with E-state index in [1.54, 1.807) is 13.0 Å². The summed E-state index contributed by atoms with van der Waals surface area (Å²) in [6, 6.07) is 7.40. The molecular weight excluding hydrogens is 365 g/mol. The number of hydrogen-bond acceptors (Lipinski definition) is 5. The van der Waals surface area contributed by atoms with E-state index in [0.29, 0.717) is 18.9 Å². The molecule has 0 atom stereocenters. The Kier molecular flexibility index (Phi) is 6.87. The van der Waals surface area contributed by atoms with E-state index in [-0.39, 0.29) is 18.1 Å². The number of carbonyl (C=O) groups is 1. The van der Waals surface area contributed by atoms with E-state index < -0.39 is 5.97 Å². The van der Waals surface area contributed by atoms with Gasteiger partial charge in [-0.25, -0.2) is 4.79 Å². The van der Waals surface area contributed by atoms with E-state index in [2.05, 4.69) is 15.5 Å². The number of halogens is 2. The maximum Gasteiger partial charge on any atom is 0.360 e. The van der Waals surface area contributed by atoms with E-state index in [0.717, 1.165) is 28.9 Å². The van der Waals surface area contributed by atoms with Gasteiger partial charge in [-0.1, -0.05) is 16.8 Å². The highest BCUT2D eigenvalue weighted by molar-refractivity contribution is 6.31. The van der Waals surface area contributed by atoms with Crippen LogP contribution in [0.15, 0.2) is 35.0 Å². The largest absolute Gasteiger partial charge is 0.461 e. The molecule has 6 nitrogen and oxygen atoms in total. The number of ether oxygens (including phenoxy) is 1. The maximum atomic E-state index is 11.5. The number of hydrogen-bond donors (Lipinski definition) is 2. The Labute approximate surface area is 156 Å². The summed E-state index contributed by atoms with van der Waals surface area (Å²) < 4.78 is 9.99. The van der Waals surface area contributed by atoms with Crippen molar-refractivity contribution in [3.63, 3.8) is 0 Å². The van der Waals surface area contributed by atoms with Crippen LogP contribution < -0.4 is 5.32 Å². The number of aromatic amines is 1. The Balaban J connectivity index is 0.00000225. The second-order valence-corrected chi connectivity index (χ2v) is 5.77. The third kappa shape index (κ3) is 4.75. The van der Waals surface area contributed by atoms with Crippen molar-refractivity contribution in [1.29, 1.82) is 0 Å². The molecule has 1 aromatic carbocycles. The summed E-state index contributed by atoms with van der Waals surface area (Å²) in [6.45, 7) is 3.32. The molecule has 3 rings (SSSR count). The zero-order valence-electron chi connectivity index (χ0n) is 13.7. The number of carbonyl (C=O) groups excluding carboxylic acids is 1. The number of esters is 1. The van der Waals surface area contributed by atoms with Gasteiger partial charge in [-0.05, 0) is 43.7 Å². The molecule has 0 radical (unpaired) electrons. The lowest BCUT2D eigenvalue weighted by atomic mass is 10.1. The van der Waals surface area contributed by atoms with Crippen molar-refractivity contribution >= 4 is 40.9 Å². The molecule has 134 valence electrons. The lowest BCUT2D eigenvalue weighted by molar-refractivity contribution is 0.0514. The number of rotatable bonds is 7. The van der Waals surface area contributed by atoms with E-state index in [1.807, 2.05) is 24.4 Å². The number of nitrogens with one attached hydrogen (secondary N) is 2. The second-order valence-electron chi connectivity index (χ2n) is 5.33. The summed E-state index contributed by atoms with van der Waals surface area (Å²) in [7, 11) is 0. The first-order chi connectivity index (χ1) is 11.7. The van der Waals surface area contributed by atoms with Gasteiger partial charge in [-0.2, -0.15) is 0 Å². The third-order valence-corrected chi connectivity index (χ3v) is 3.88. The molecule has 8 heteroatoms. The fourth-order valence-corrected chi connectivity index (χ4v) is 2.66. The first-order valence-electron chi connectivity index (χ1n) is 7.76. The smallest absolute Gasteiger partial charge is 0.360 e. The molecule has 0 saturated heterocycles. The minimum atomic E-state index is -0.469. The molecule has 2 heterocycles. The van der Waals surface area contributed by atoms with Crippen LogP contribution in [-0.4, -0.2) is 29.3 Å². The highest BCUT2D eigenvalue weighted by Crippen LogP contribution is 2.22. The molecular formula is C17H19Cl2N3O3. The summed E-state index contributed by atoms with van der Waals surface area (Å²) in [5.41, 5.74) is 2.47. The average molecular weight is 384 g/mol. The van der Waals surface area contributed by atoms with Crippen molar-refractivity contribution < 1.29 is 14.1 Å². The van der Waals surface area contributed by atoms with Crippen LogP contribution in [0.3, 0.4) is 0 Å². The molecule has 25 heavy (non-hydrogen) atoms. The minimum Gasteiger partial charge on any atom is -0.461 e. The molecule has 0 spiro atoms. The molecule has 0 aliphatic carbocycles. The van der Waals surface area contributed by atoms with Crippen molar-refractivity contribution in [2.75, 3.05) is 13.2 Å². The van der Waals surface area contributed by atoms with Gasteiger partial charge in [0, 0.05) is 28.2 Å². The molecule has 0 fully saturated rings. The van der Waals surface area contributed by atoms with Gasteiger partial charge in [0.2, 0.25) is 0 Å².